The van der Waals surface area contributed by atoms with Gasteiger partial charge in [0.15, 0.2) is 5.82 Å². The first kappa shape index (κ1) is 30.0. The number of amides is 2. The summed E-state index contributed by atoms with van der Waals surface area (Å²) in [5.74, 6) is -1.32. The number of benzene rings is 3. The third-order valence-electron chi connectivity index (χ3n) is 7.03. The number of hydrazone groups is 1. The molecule has 43 heavy (non-hydrogen) atoms. The molecule has 0 aliphatic carbocycles. The Labute approximate surface area is 259 Å². The van der Waals surface area contributed by atoms with Crippen LogP contribution in [0, 0.1) is 5.92 Å². The van der Waals surface area contributed by atoms with Crippen LogP contribution < -0.4 is 20.8 Å². The maximum absolute atomic E-state index is 13.6. The molecule has 1 aromatic heterocycles. The molecule has 0 fully saturated rings. The van der Waals surface area contributed by atoms with E-state index in [1.165, 1.54) is 6.20 Å². The fourth-order valence-corrected chi connectivity index (χ4v) is 5.01. The number of aromatic nitrogens is 2. The summed E-state index contributed by atoms with van der Waals surface area (Å²) >= 11 is 12.2. The van der Waals surface area contributed by atoms with E-state index in [4.69, 9.17) is 38.8 Å². The molecule has 0 saturated carbocycles. The summed E-state index contributed by atoms with van der Waals surface area (Å²) in [6, 6.07) is 23.8. The summed E-state index contributed by atoms with van der Waals surface area (Å²) in [5.41, 5.74) is 9.28. The largest absolute Gasteiger partial charge is 0.459 e. The number of hydrogen-bond acceptors (Lipinski definition) is 7. The summed E-state index contributed by atoms with van der Waals surface area (Å²) in [5, 5.41) is 10.6. The Morgan fingerprint density at radius 3 is 2.28 bits per heavy atom. The number of nitrogens with one attached hydrogen (secondary N) is 1. The van der Waals surface area contributed by atoms with E-state index in [9.17, 15) is 9.59 Å². The molecule has 2 atom stereocenters. The molecule has 5 rings (SSSR count). The lowest BCUT2D eigenvalue weighted by atomic mass is 9.90. The monoisotopic (exact) mass is 616 g/mol. The van der Waals surface area contributed by atoms with Crippen molar-refractivity contribution in [3.8, 4) is 6.01 Å². The zero-order valence-electron chi connectivity index (χ0n) is 23.6. The molecule has 1 unspecified atom stereocenters. The highest BCUT2D eigenvalue weighted by atomic mass is 35.5. The van der Waals surface area contributed by atoms with Crippen molar-refractivity contribution in [3.05, 3.63) is 117 Å². The van der Waals surface area contributed by atoms with Gasteiger partial charge in [-0.25, -0.2) is 9.99 Å². The molecular formula is C32H30Cl2N6O3. The van der Waals surface area contributed by atoms with Gasteiger partial charge in [0.05, 0.1) is 12.3 Å². The van der Waals surface area contributed by atoms with Crippen LogP contribution in [0.5, 0.6) is 6.01 Å². The summed E-state index contributed by atoms with van der Waals surface area (Å²) in [6.07, 6.45) is 1.38. The van der Waals surface area contributed by atoms with Gasteiger partial charge in [-0.3, -0.25) is 9.59 Å². The maximum atomic E-state index is 13.6. The van der Waals surface area contributed by atoms with Crippen LogP contribution >= 0.6 is 23.2 Å². The van der Waals surface area contributed by atoms with Crippen molar-refractivity contribution in [2.75, 3.05) is 11.6 Å². The molecule has 2 heterocycles. The van der Waals surface area contributed by atoms with Gasteiger partial charge in [0.1, 0.15) is 18.2 Å². The summed E-state index contributed by atoms with van der Waals surface area (Å²) in [4.78, 5) is 34.6. The molecule has 0 saturated heterocycles. The minimum Gasteiger partial charge on any atom is -0.459 e. The molecule has 0 spiro atoms. The Kier molecular flexibility index (Phi) is 9.23. The van der Waals surface area contributed by atoms with E-state index in [-0.39, 0.29) is 35.8 Å². The van der Waals surface area contributed by atoms with E-state index in [1.54, 1.807) is 31.0 Å². The van der Waals surface area contributed by atoms with Crippen LogP contribution in [0.3, 0.4) is 0 Å². The van der Waals surface area contributed by atoms with Crippen LogP contribution in [-0.2, 0) is 11.4 Å². The van der Waals surface area contributed by atoms with Crippen molar-refractivity contribution < 1.29 is 14.3 Å². The van der Waals surface area contributed by atoms with E-state index in [2.05, 4.69) is 15.3 Å². The summed E-state index contributed by atoms with van der Waals surface area (Å²) in [6.45, 7) is 4.17. The molecule has 1 aliphatic rings. The fraction of sp³-hybridized carbons (Fsp3) is 0.219. The van der Waals surface area contributed by atoms with Crippen LogP contribution in [-0.4, -0.2) is 40.1 Å². The van der Waals surface area contributed by atoms with Gasteiger partial charge in [-0.05, 0) is 46.9 Å². The van der Waals surface area contributed by atoms with Gasteiger partial charge in [-0.15, -0.1) is 0 Å². The normalized spacial score (nSPS) is 15.2. The van der Waals surface area contributed by atoms with Crippen molar-refractivity contribution in [1.82, 2.24) is 15.3 Å². The molecule has 3 N–H and O–H groups in total. The van der Waals surface area contributed by atoms with Crippen molar-refractivity contribution in [2.45, 2.75) is 32.4 Å². The van der Waals surface area contributed by atoms with Crippen molar-refractivity contribution >= 4 is 46.5 Å². The number of nitrogens with zero attached hydrogens (tertiary/aromatic N) is 4. The van der Waals surface area contributed by atoms with Gasteiger partial charge in [0.25, 0.3) is 5.91 Å². The van der Waals surface area contributed by atoms with Gasteiger partial charge in [0.2, 0.25) is 5.91 Å². The van der Waals surface area contributed by atoms with Crippen LogP contribution in [0.1, 0.15) is 46.8 Å². The second-order valence-electron chi connectivity index (χ2n) is 10.4. The number of ether oxygens (including phenoxy) is 1. The Morgan fingerprint density at radius 1 is 1.00 bits per heavy atom. The first-order valence-electron chi connectivity index (χ1n) is 13.7. The number of primary amides is 1. The molecule has 220 valence electrons. The van der Waals surface area contributed by atoms with Crippen LogP contribution in [0.25, 0.3) is 0 Å². The van der Waals surface area contributed by atoms with Crippen LogP contribution in [0.15, 0.2) is 90.2 Å². The molecule has 1 aliphatic heterocycles. The molecule has 11 heteroatoms. The number of halogens is 2. The van der Waals surface area contributed by atoms with E-state index >= 15 is 0 Å². The van der Waals surface area contributed by atoms with Gasteiger partial charge >= 0.3 is 6.01 Å². The zero-order chi connectivity index (χ0) is 30.5. The lowest BCUT2D eigenvalue weighted by Gasteiger charge is -2.22. The highest BCUT2D eigenvalue weighted by molar-refractivity contribution is 6.31. The average Bonchev–Trinajstić information content (AvgIpc) is 3.45. The smallest absolute Gasteiger partial charge is 0.318 e. The molecule has 9 nitrogen and oxygen atoms in total. The quantitative estimate of drug-likeness (QED) is 0.239. The standard InChI is InChI=1S/C32H30Cl2N6O3/c1-19(2)27(29(35)41)37-31(42)25-16-36-32(43-18-20-8-12-23(33)13-9-20)38-30(25)40-17-26(21-6-4-3-5-7-21)28(39-40)22-10-14-24(34)15-11-22/h3-16,19,26-27H,17-18H2,1-2H3,(H2,35,41)(H,37,42)/t26?,27-/m0/s1. The van der Waals surface area contributed by atoms with Crippen LogP contribution in [0.2, 0.25) is 10.0 Å². The second-order valence-corrected chi connectivity index (χ2v) is 11.3. The first-order valence-corrected chi connectivity index (χ1v) is 14.5. The first-order chi connectivity index (χ1) is 20.7. The highest BCUT2D eigenvalue weighted by Gasteiger charge is 2.34. The Morgan fingerprint density at radius 2 is 1.65 bits per heavy atom. The Balaban J connectivity index is 1.54. The average molecular weight is 618 g/mol. The van der Waals surface area contributed by atoms with Gasteiger partial charge in [0, 0.05) is 22.2 Å². The van der Waals surface area contributed by atoms with E-state index in [1.807, 2.05) is 66.7 Å². The number of carbonyl (C=O) groups is 2. The number of carbonyl (C=O) groups excluding carboxylic acids is 2. The number of rotatable bonds is 10. The molecule has 4 aromatic rings. The fourth-order valence-electron chi connectivity index (χ4n) is 4.76. The predicted octanol–water partition coefficient (Wildman–Crippen LogP) is 5.61. The SMILES string of the molecule is CC(C)[C@H](NC(=O)c1cnc(OCc2ccc(Cl)cc2)nc1N1CC(c2ccccc2)C(c2ccc(Cl)cc2)=N1)C(N)=O. The minimum absolute atomic E-state index is 0.0585. The van der Waals surface area contributed by atoms with E-state index in [0.717, 1.165) is 22.4 Å². The summed E-state index contributed by atoms with van der Waals surface area (Å²) < 4.78 is 5.90. The number of nitrogens with two attached hydrogens (primary N) is 1. The maximum Gasteiger partial charge on any atom is 0.318 e. The molecular weight excluding hydrogens is 587 g/mol. The summed E-state index contributed by atoms with van der Waals surface area (Å²) in [7, 11) is 0. The van der Waals surface area contributed by atoms with Gasteiger partial charge in [-0.2, -0.15) is 10.1 Å². The molecule has 0 bridgehead atoms. The third kappa shape index (κ3) is 7.13. The molecule has 3 aromatic carbocycles. The zero-order valence-corrected chi connectivity index (χ0v) is 25.1. The van der Waals surface area contributed by atoms with Crippen molar-refractivity contribution in [1.29, 1.82) is 0 Å². The van der Waals surface area contributed by atoms with Gasteiger partial charge in [-0.1, -0.05) is 91.6 Å². The Bertz CT molecular complexity index is 1630. The van der Waals surface area contributed by atoms with Crippen LogP contribution in [0.4, 0.5) is 5.82 Å². The predicted molar refractivity (Wildman–Crippen MR) is 168 cm³/mol. The topological polar surface area (TPSA) is 123 Å². The van der Waals surface area contributed by atoms with Crippen molar-refractivity contribution in [3.63, 3.8) is 0 Å². The number of hydrogen-bond donors (Lipinski definition) is 2. The minimum atomic E-state index is -0.884. The lowest BCUT2D eigenvalue weighted by molar-refractivity contribution is -0.120. The third-order valence-corrected chi connectivity index (χ3v) is 7.54. The van der Waals surface area contributed by atoms with Gasteiger partial charge < -0.3 is 15.8 Å². The number of anilines is 1. The van der Waals surface area contributed by atoms with E-state index < -0.39 is 17.9 Å². The van der Waals surface area contributed by atoms with Crippen molar-refractivity contribution in [2.24, 2.45) is 16.8 Å². The highest BCUT2D eigenvalue weighted by Crippen LogP contribution is 2.33. The van der Waals surface area contributed by atoms with E-state index in [0.29, 0.717) is 16.6 Å². The molecule has 0 radical (unpaired) electrons. The lowest BCUT2D eigenvalue weighted by Crippen LogP contribution is -2.48. The molecule has 2 amide bonds. The second kappa shape index (κ2) is 13.2. The Hall–Kier alpha value is -4.47.